The van der Waals surface area contributed by atoms with Crippen molar-refractivity contribution in [1.82, 2.24) is 9.78 Å². The van der Waals surface area contributed by atoms with Gasteiger partial charge in [-0.05, 0) is 24.6 Å². The molecule has 0 saturated carbocycles. The number of nitrogens with zero attached hydrogens (tertiary/aromatic N) is 3. The lowest BCUT2D eigenvalue weighted by molar-refractivity contribution is 0.813. The first kappa shape index (κ1) is 10.7. The van der Waals surface area contributed by atoms with E-state index in [1.165, 1.54) is 0 Å². The molecule has 0 bridgehead atoms. The Kier molecular flexibility index (Phi) is 2.93. The van der Waals surface area contributed by atoms with Gasteiger partial charge in [0.1, 0.15) is 6.07 Å². The summed E-state index contributed by atoms with van der Waals surface area (Å²) in [7, 11) is 0. The van der Waals surface area contributed by atoms with Gasteiger partial charge in [-0.15, -0.1) is 0 Å². The van der Waals surface area contributed by atoms with E-state index in [2.05, 4.69) is 11.2 Å². The average molecular weight is 232 g/mol. The van der Waals surface area contributed by atoms with E-state index in [9.17, 15) is 0 Å². The van der Waals surface area contributed by atoms with Crippen LogP contribution in [0.4, 0.5) is 0 Å². The number of nitriles is 1. The van der Waals surface area contributed by atoms with E-state index >= 15 is 0 Å². The lowest BCUT2D eigenvalue weighted by Crippen LogP contribution is -2.01. The van der Waals surface area contributed by atoms with Crippen molar-refractivity contribution in [2.75, 3.05) is 0 Å². The van der Waals surface area contributed by atoms with E-state index in [-0.39, 0.29) is 0 Å². The third kappa shape index (κ3) is 1.80. The number of benzene rings is 1. The van der Waals surface area contributed by atoms with Crippen LogP contribution < -0.4 is 0 Å². The maximum Gasteiger partial charge on any atom is 0.103 e. The van der Waals surface area contributed by atoms with Crippen LogP contribution in [-0.2, 0) is 6.42 Å². The maximum absolute atomic E-state index is 8.93. The summed E-state index contributed by atoms with van der Waals surface area (Å²) >= 11 is 5.92. The van der Waals surface area contributed by atoms with Crippen molar-refractivity contribution in [3.8, 4) is 11.8 Å². The van der Waals surface area contributed by atoms with Gasteiger partial charge in [0, 0.05) is 5.02 Å². The highest BCUT2D eigenvalue weighted by atomic mass is 35.5. The summed E-state index contributed by atoms with van der Waals surface area (Å²) in [5.41, 5.74) is 2.40. The van der Waals surface area contributed by atoms with E-state index in [0.29, 0.717) is 10.6 Å². The first-order valence-corrected chi connectivity index (χ1v) is 5.37. The second kappa shape index (κ2) is 4.38. The zero-order valence-corrected chi connectivity index (χ0v) is 9.57. The highest BCUT2D eigenvalue weighted by Crippen LogP contribution is 2.18. The molecular formula is C12H10ClN3. The van der Waals surface area contributed by atoms with Crippen LogP contribution in [0, 0.1) is 11.3 Å². The lowest BCUT2D eigenvalue weighted by atomic mass is 10.2. The van der Waals surface area contributed by atoms with Crippen molar-refractivity contribution in [1.29, 1.82) is 5.26 Å². The molecule has 0 radical (unpaired) electrons. The van der Waals surface area contributed by atoms with Crippen LogP contribution in [0.25, 0.3) is 5.69 Å². The Hall–Kier alpha value is -1.79. The van der Waals surface area contributed by atoms with Crippen molar-refractivity contribution in [3.05, 3.63) is 46.7 Å². The Morgan fingerprint density at radius 3 is 2.94 bits per heavy atom. The Bertz CT molecular complexity index is 552. The molecule has 2 aromatic rings. The second-order valence-corrected chi connectivity index (χ2v) is 3.80. The summed E-state index contributed by atoms with van der Waals surface area (Å²) in [6.07, 6.45) is 2.34. The van der Waals surface area contributed by atoms with Gasteiger partial charge in [0.05, 0.1) is 23.1 Å². The van der Waals surface area contributed by atoms with Crippen LogP contribution >= 0.6 is 11.6 Å². The number of aromatic nitrogens is 2. The van der Waals surface area contributed by atoms with Crippen LogP contribution in [0.5, 0.6) is 0 Å². The third-order valence-electron chi connectivity index (χ3n) is 2.38. The fourth-order valence-electron chi connectivity index (χ4n) is 1.64. The molecule has 0 atom stereocenters. The minimum absolute atomic E-state index is 0.613. The predicted molar refractivity (Wildman–Crippen MR) is 62.7 cm³/mol. The maximum atomic E-state index is 8.93. The Morgan fingerprint density at radius 2 is 2.31 bits per heavy atom. The van der Waals surface area contributed by atoms with Gasteiger partial charge in [0.2, 0.25) is 0 Å². The zero-order chi connectivity index (χ0) is 11.5. The number of hydrogen-bond acceptors (Lipinski definition) is 2. The minimum Gasteiger partial charge on any atom is -0.236 e. The van der Waals surface area contributed by atoms with Crippen molar-refractivity contribution < 1.29 is 0 Å². The van der Waals surface area contributed by atoms with Crippen LogP contribution in [0.1, 0.15) is 18.2 Å². The molecule has 3 nitrogen and oxygen atoms in total. The van der Waals surface area contributed by atoms with Crippen molar-refractivity contribution >= 4 is 11.6 Å². The van der Waals surface area contributed by atoms with Gasteiger partial charge in [-0.3, -0.25) is 0 Å². The van der Waals surface area contributed by atoms with E-state index in [4.69, 9.17) is 16.9 Å². The molecule has 0 saturated heterocycles. The molecule has 0 unspecified atom stereocenters. The smallest absolute Gasteiger partial charge is 0.103 e. The second-order valence-electron chi connectivity index (χ2n) is 3.36. The van der Waals surface area contributed by atoms with Crippen molar-refractivity contribution in [3.63, 3.8) is 0 Å². The van der Waals surface area contributed by atoms with Gasteiger partial charge in [0.15, 0.2) is 0 Å². The van der Waals surface area contributed by atoms with Gasteiger partial charge < -0.3 is 0 Å². The fourth-order valence-corrected chi connectivity index (χ4v) is 1.82. The summed E-state index contributed by atoms with van der Waals surface area (Å²) < 4.78 is 1.75. The fraction of sp³-hybridized carbons (Fsp3) is 0.167. The molecule has 80 valence electrons. The van der Waals surface area contributed by atoms with E-state index in [1.807, 2.05) is 31.2 Å². The molecule has 1 heterocycles. The van der Waals surface area contributed by atoms with Crippen molar-refractivity contribution in [2.45, 2.75) is 13.3 Å². The normalized spacial score (nSPS) is 10.1. The first-order chi connectivity index (χ1) is 7.76. The Labute approximate surface area is 98.9 Å². The molecule has 0 spiro atoms. The van der Waals surface area contributed by atoms with Crippen LogP contribution in [0.2, 0.25) is 5.02 Å². The summed E-state index contributed by atoms with van der Waals surface area (Å²) in [5.74, 6) is 0. The number of hydrogen-bond donors (Lipinski definition) is 0. The molecule has 0 fully saturated rings. The average Bonchev–Trinajstić information content (AvgIpc) is 2.71. The van der Waals surface area contributed by atoms with Gasteiger partial charge in [-0.2, -0.15) is 10.4 Å². The van der Waals surface area contributed by atoms with Crippen molar-refractivity contribution in [2.24, 2.45) is 0 Å². The summed E-state index contributed by atoms with van der Waals surface area (Å²) in [6.45, 7) is 2.00. The number of rotatable bonds is 2. The molecule has 0 aliphatic carbocycles. The molecule has 0 amide bonds. The largest absolute Gasteiger partial charge is 0.236 e. The zero-order valence-electron chi connectivity index (χ0n) is 8.81. The summed E-state index contributed by atoms with van der Waals surface area (Å²) in [4.78, 5) is 0. The van der Waals surface area contributed by atoms with Gasteiger partial charge in [-0.1, -0.05) is 24.6 Å². The molecule has 2 rings (SSSR count). The van der Waals surface area contributed by atoms with E-state index in [0.717, 1.165) is 17.8 Å². The number of halogens is 1. The minimum atomic E-state index is 0.613. The predicted octanol–water partition coefficient (Wildman–Crippen LogP) is 2.96. The Morgan fingerprint density at radius 1 is 1.50 bits per heavy atom. The monoisotopic (exact) mass is 231 g/mol. The van der Waals surface area contributed by atoms with Gasteiger partial charge in [-0.25, -0.2) is 4.68 Å². The van der Waals surface area contributed by atoms with Crippen LogP contribution in [0.15, 0.2) is 30.5 Å². The molecule has 1 aromatic heterocycles. The van der Waals surface area contributed by atoms with Gasteiger partial charge in [0.25, 0.3) is 0 Å². The quantitative estimate of drug-likeness (QED) is 0.798. The van der Waals surface area contributed by atoms with Gasteiger partial charge >= 0.3 is 0 Å². The summed E-state index contributed by atoms with van der Waals surface area (Å²) in [5, 5.41) is 13.8. The lowest BCUT2D eigenvalue weighted by Gasteiger charge is -2.06. The highest BCUT2D eigenvalue weighted by Gasteiger charge is 2.09. The standard InChI is InChI=1S/C12H10ClN3/c1-2-12-9(7-14)8-15-16(12)11-5-3-4-10(13)6-11/h3-6,8H,2H2,1H3. The van der Waals surface area contributed by atoms with Crippen LogP contribution in [0.3, 0.4) is 0 Å². The topological polar surface area (TPSA) is 41.6 Å². The molecular weight excluding hydrogens is 222 g/mol. The molecule has 16 heavy (non-hydrogen) atoms. The van der Waals surface area contributed by atoms with E-state index in [1.54, 1.807) is 10.9 Å². The molecule has 1 aromatic carbocycles. The SMILES string of the molecule is CCc1c(C#N)cnn1-c1cccc(Cl)c1. The van der Waals surface area contributed by atoms with E-state index < -0.39 is 0 Å². The molecule has 4 heteroatoms. The Balaban J connectivity index is 2.57. The summed E-state index contributed by atoms with van der Waals surface area (Å²) in [6, 6.07) is 9.56. The third-order valence-corrected chi connectivity index (χ3v) is 2.61. The van der Waals surface area contributed by atoms with Crippen LogP contribution in [-0.4, -0.2) is 9.78 Å². The first-order valence-electron chi connectivity index (χ1n) is 4.99. The molecule has 0 aliphatic rings. The molecule has 0 aliphatic heterocycles. The molecule has 0 N–H and O–H groups in total. The highest BCUT2D eigenvalue weighted by molar-refractivity contribution is 6.30.